The van der Waals surface area contributed by atoms with E-state index in [-0.39, 0.29) is 11.6 Å². The van der Waals surface area contributed by atoms with Crippen LogP contribution in [0.5, 0.6) is 5.75 Å². The Balaban J connectivity index is 1.26. The second-order valence-corrected chi connectivity index (χ2v) is 7.81. The zero-order valence-electron chi connectivity index (χ0n) is 16.8. The van der Waals surface area contributed by atoms with Gasteiger partial charge in [0.25, 0.3) is 0 Å². The topological polar surface area (TPSA) is 45.3 Å². The van der Waals surface area contributed by atoms with Crippen LogP contribution in [0.4, 0.5) is 4.39 Å². The molecule has 0 radical (unpaired) electrons. The Morgan fingerprint density at radius 1 is 1.17 bits per heavy atom. The third kappa shape index (κ3) is 4.51. The highest BCUT2D eigenvalue weighted by atomic mass is 19.1. The van der Waals surface area contributed by atoms with E-state index in [1.165, 1.54) is 23.1 Å². The number of carbonyl (C=O) groups excluding carboxylic acids is 1. The van der Waals surface area contributed by atoms with Crippen molar-refractivity contribution in [2.45, 2.75) is 31.6 Å². The standard InChI is InChI=1S/C24H27FN2O2/c1-29-20-8-9-21-22(16-26-23(21)15-20)17-10-13-27(14-11-17)12-2-3-24(28)18-4-6-19(25)7-5-18/h4-9,15-17,26H,2-3,10-14H2,1H3. The van der Waals surface area contributed by atoms with Crippen molar-refractivity contribution < 1.29 is 13.9 Å². The van der Waals surface area contributed by atoms with Crippen LogP contribution in [0.15, 0.2) is 48.7 Å². The van der Waals surface area contributed by atoms with Gasteiger partial charge in [-0.15, -0.1) is 0 Å². The van der Waals surface area contributed by atoms with E-state index in [1.807, 2.05) is 12.1 Å². The van der Waals surface area contributed by atoms with Gasteiger partial charge in [-0.05, 0) is 86.8 Å². The molecule has 3 aromatic rings. The molecule has 0 amide bonds. The van der Waals surface area contributed by atoms with E-state index in [0.717, 1.165) is 50.2 Å². The molecule has 0 aliphatic carbocycles. The lowest BCUT2D eigenvalue weighted by Gasteiger charge is -2.31. The summed E-state index contributed by atoms with van der Waals surface area (Å²) in [7, 11) is 1.69. The largest absolute Gasteiger partial charge is 0.497 e. The molecule has 1 aromatic heterocycles. The molecule has 4 nitrogen and oxygen atoms in total. The van der Waals surface area contributed by atoms with E-state index in [9.17, 15) is 9.18 Å². The van der Waals surface area contributed by atoms with Crippen LogP contribution in [0, 0.1) is 5.82 Å². The van der Waals surface area contributed by atoms with Crippen molar-refractivity contribution >= 4 is 16.7 Å². The van der Waals surface area contributed by atoms with Crippen LogP contribution in [-0.2, 0) is 0 Å². The highest BCUT2D eigenvalue weighted by molar-refractivity contribution is 5.95. The molecule has 1 aliphatic rings. The minimum absolute atomic E-state index is 0.0918. The Bertz CT molecular complexity index is 972. The summed E-state index contributed by atoms with van der Waals surface area (Å²) in [5.74, 6) is 1.22. The summed E-state index contributed by atoms with van der Waals surface area (Å²) in [6, 6.07) is 12.0. The number of likely N-dealkylation sites (tertiary alicyclic amines) is 1. The van der Waals surface area contributed by atoms with Gasteiger partial charge in [0.15, 0.2) is 5.78 Å². The Morgan fingerprint density at radius 3 is 2.66 bits per heavy atom. The molecular weight excluding hydrogens is 367 g/mol. The zero-order chi connectivity index (χ0) is 20.2. The van der Waals surface area contributed by atoms with Crippen molar-refractivity contribution in [3.8, 4) is 5.75 Å². The molecule has 0 unspecified atom stereocenters. The Kier molecular flexibility index (Phi) is 5.95. The van der Waals surface area contributed by atoms with E-state index < -0.39 is 0 Å². The van der Waals surface area contributed by atoms with Gasteiger partial charge in [0.05, 0.1) is 7.11 Å². The number of piperidine rings is 1. The molecule has 2 heterocycles. The van der Waals surface area contributed by atoms with Crippen LogP contribution in [0.1, 0.15) is 47.5 Å². The minimum atomic E-state index is -0.307. The van der Waals surface area contributed by atoms with E-state index in [4.69, 9.17) is 4.74 Å². The van der Waals surface area contributed by atoms with Gasteiger partial charge in [-0.3, -0.25) is 4.79 Å². The Labute approximate surface area is 170 Å². The molecule has 152 valence electrons. The zero-order valence-corrected chi connectivity index (χ0v) is 16.8. The van der Waals surface area contributed by atoms with E-state index >= 15 is 0 Å². The predicted molar refractivity (Wildman–Crippen MR) is 113 cm³/mol. The maximum Gasteiger partial charge on any atom is 0.162 e. The van der Waals surface area contributed by atoms with Crippen molar-refractivity contribution in [3.63, 3.8) is 0 Å². The summed E-state index contributed by atoms with van der Waals surface area (Å²) in [5, 5.41) is 1.29. The number of carbonyl (C=O) groups is 1. The number of hydrogen-bond donors (Lipinski definition) is 1. The van der Waals surface area contributed by atoms with Gasteiger partial charge in [0, 0.05) is 35.2 Å². The number of ketones is 1. The monoisotopic (exact) mass is 394 g/mol. The first-order chi connectivity index (χ1) is 14.1. The number of methoxy groups -OCH3 is 1. The molecule has 2 aromatic carbocycles. The van der Waals surface area contributed by atoms with Gasteiger partial charge >= 0.3 is 0 Å². The summed E-state index contributed by atoms with van der Waals surface area (Å²) in [6.45, 7) is 3.04. The first kappa shape index (κ1) is 19.6. The first-order valence-corrected chi connectivity index (χ1v) is 10.3. The van der Waals surface area contributed by atoms with E-state index in [0.29, 0.717) is 17.9 Å². The van der Waals surface area contributed by atoms with Gasteiger partial charge in [-0.25, -0.2) is 4.39 Å². The lowest BCUT2D eigenvalue weighted by Crippen LogP contribution is -2.33. The molecule has 0 bridgehead atoms. The fourth-order valence-electron chi connectivity index (χ4n) is 4.30. The summed E-state index contributed by atoms with van der Waals surface area (Å²) in [5.41, 5.74) is 3.12. The van der Waals surface area contributed by atoms with Crippen LogP contribution in [0.2, 0.25) is 0 Å². The SMILES string of the molecule is COc1ccc2c(C3CCN(CCCC(=O)c4ccc(F)cc4)CC3)c[nH]c2c1. The number of fused-ring (bicyclic) bond motifs is 1. The number of benzene rings is 2. The Morgan fingerprint density at radius 2 is 1.93 bits per heavy atom. The highest BCUT2D eigenvalue weighted by Crippen LogP contribution is 2.34. The van der Waals surface area contributed by atoms with Crippen molar-refractivity contribution in [3.05, 3.63) is 65.6 Å². The van der Waals surface area contributed by atoms with Crippen LogP contribution >= 0.6 is 0 Å². The van der Waals surface area contributed by atoms with Crippen LogP contribution in [-0.4, -0.2) is 42.4 Å². The average molecular weight is 394 g/mol. The van der Waals surface area contributed by atoms with Gasteiger partial charge in [0.1, 0.15) is 11.6 Å². The van der Waals surface area contributed by atoms with Gasteiger partial charge in [0.2, 0.25) is 0 Å². The maximum absolute atomic E-state index is 13.0. The van der Waals surface area contributed by atoms with Crippen LogP contribution in [0.3, 0.4) is 0 Å². The molecular formula is C24H27FN2O2. The lowest BCUT2D eigenvalue weighted by molar-refractivity contribution is 0.0972. The lowest BCUT2D eigenvalue weighted by atomic mass is 9.89. The third-order valence-electron chi connectivity index (χ3n) is 5.99. The third-order valence-corrected chi connectivity index (χ3v) is 5.99. The second-order valence-electron chi connectivity index (χ2n) is 7.81. The number of aromatic amines is 1. The average Bonchev–Trinajstić information content (AvgIpc) is 3.18. The summed E-state index contributed by atoms with van der Waals surface area (Å²) in [6.07, 6.45) is 5.76. The van der Waals surface area contributed by atoms with Crippen molar-refractivity contribution in [1.82, 2.24) is 9.88 Å². The van der Waals surface area contributed by atoms with Crippen molar-refractivity contribution in [2.24, 2.45) is 0 Å². The van der Waals surface area contributed by atoms with Gasteiger partial charge < -0.3 is 14.6 Å². The molecule has 1 saturated heterocycles. The molecule has 4 rings (SSSR count). The highest BCUT2D eigenvalue weighted by Gasteiger charge is 2.23. The Hall–Kier alpha value is -2.66. The van der Waals surface area contributed by atoms with Crippen molar-refractivity contribution in [1.29, 1.82) is 0 Å². The number of hydrogen-bond acceptors (Lipinski definition) is 3. The van der Waals surface area contributed by atoms with Gasteiger partial charge in [-0.1, -0.05) is 0 Å². The molecule has 0 spiro atoms. The number of H-pyrrole nitrogens is 1. The minimum Gasteiger partial charge on any atom is -0.497 e. The smallest absolute Gasteiger partial charge is 0.162 e. The number of ether oxygens (including phenoxy) is 1. The van der Waals surface area contributed by atoms with Crippen LogP contribution in [0.25, 0.3) is 10.9 Å². The second kappa shape index (κ2) is 8.78. The fourth-order valence-corrected chi connectivity index (χ4v) is 4.30. The quantitative estimate of drug-likeness (QED) is 0.563. The maximum atomic E-state index is 13.0. The predicted octanol–water partition coefficient (Wildman–Crippen LogP) is 5.16. The molecule has 1 fully saturated rings. The van der Waals surface area contributed by atoms with Crippen LogP contribution < -0.4 is 4.74 Å². The van der Waals surface area contributed by atoms with Gasteiger partial charge in [-0.2, -0.15) is 0 Å². The molecule has 5 heteroatoms. The summed E-state index contributed by atoms with van der Waals surface area (Å²) >= 11 is 0. The van der Waals surface area contributed by atoms with E-state index in [1.54, 1.807) is 19.2 Å². The summed E-state index contributed by atoms with van der Waals surface area (Å²) < 4.78 is 18.3. The van der Waals surface area contributed by atoms with E-state index in [2.05, 4.69) is 22.1 Å². The molecule has 29 heavy (non-hydrogen) atoms. The number of nitrogens with zero attached hydrogens (tertiary/aromatic N) is 1. The number of rotatable bonds is 7. The number of Topliss-reactive ketones (excluding diaryl/α,β-unsaturated/α-hetero) is 1. The number of aromatic nitrogens is 1. The number of nitrogens with one attached hydrogen (secondary N) is 1. The molecule has 1 aliphatic heterocycles. The molecule has 0 saturated carbocycles. The number of halogens is 1. The molecule has 0 atom stereocenters. The normalized spacial score (nSPS) is 15.7. The van der Waals surface area contributed by atoms with Crippen molar-refractivity contribution in [2.75, 3.05) is 26.7 Å². The molecule has 1 N–H and O–H groups in total. The fraction of sp³-hybridized carbons (Fsp3) is 0.375. The summed E-state index contributed by atoms with van der Waals surface area (Å²) in [4.78, 5) is 18.1. The first-order valence-electron chi connectivity index (χ1n) is 10.3.